The first kappa shape index (κ1) is 23.1. The molecule has 2 heterocycles. The van der Waals surface area contributed by atoms with Crippen molar-refractivity contribution >= 4 is 18.4 Å². The monoisotopic (exact) mass is 473 g/mol. The molecule has 2 aliphatic rings. The van der Waals surface area contributed by atoms with E-state index < -0.39 is 12.0 Å². The number of rotatable bonds is 5. The third-order valence-corrected chi connectivity index (χ3v) is 6.60. The van der Waals surface area contributed by atoms with Crippen molar-refractivity contribution in [1.82, 2.24) is 25.9 Å². The van der Waals surface area contributed by atoms with Crippen molar-refractivity contribution in [3.05, 3.63) is 48.3 Å². The zero-order chi connectivity index (χ0) is 22.1. The fourth-order valence-electron chi connectivity index (χ4n) is 4.94. The second-order valence-corrected chi connectivity index (χ2v) is 8.53. The van der Waals surface area contributed by atoms with E-state index in [2.05, 4.69) is 25.9 Å². The molecule has 3 aromatic rings. The molecule has 1 saturated heterocycles. The number of aromatic nitrogens is 4. The molecule has 2 fully saturated rings. The number of ether oxygens (including phenoxy) is 1. The first-order valence-electron chi connectivity index (χ1n) is 10.8. The number of tetrazole rings is 1. The summed E-state index contributed by atoms with van der Waals surface area (Å²) in [6.45, 7) is 0.727. The van der Waals surface area contributed by atoms with Crippen molar-refractivity contribution in [3.8, 4) is 28.3 Å². The van der Waals surface area contributed by atoms with E-state index in [1.165, 1.54) is 6.07 Å². The molecule has 4 atom stereocenters. The summed E-state index contributed by atoms with van der Waals surface area (Å²) < 4.78 is 20.8. The van der Waals surface area contributed by atoms with Crippen molar-refractivity contribution in [2.75, 3.05) is 6.54 Å². The molecular weight excluding hydrogens is 449 g/mol. The van der Waals surface area contributed by atoms with Gasteiger partial charge in [0.15, 0.2) is 0 Å². The van der Waals surface area contributed by atoms with Crippen LogP contribution in [0, 0.1) is 17.7 Å². The number of halogens is 2. The predicted molar refractivity (Wildman–Crippen MR) is 122 cm³/mol. The molecule has 0 unspecified atom stereocenters. The topological polar surface area (TPSA) is 113 Å². The van der Waals surface area contributed by atoms with E-state index in [-0.39, 0.29) is 24.3 Å². The number of H-pyrrole nitrogens is 1. The van der Waals surface area contributed by atoms with Crippen LogP contribution in [0.1, 0.15) is 25.7 Å². The van der Waals surface area contributed by atoms with E-state index >= 15 is 0 Å². The Bertz CT molecular complexity index is 1110. The summed E-state index contributed by atoms with van der Waals surface area (Å²) in [7, 11) is 0. The Morgan fingerprint density at radius 1 is 1.09 bits per heavy atom. The number of hydrogen-bond donors (Lipinski definition) is 3. The summed E-state index contributed by atoms with van der Waals surface area (Å²) in [5, 5.41) is 26.8. The maximum Gasteiger partial charge on any atom is 0.320 e. The maximum absolute atomic E-state index is 14.4. The van der Waals surface area contributed by atoms with Crippen LogP contribution >= 0.6 is 12.4 Å². The molecule has 33 heavy (non-hydrogen) atoms. The fraction of sp³-hybridized carbons (Fsp3) is 0.391. The van der Waals surface area contributed by atoms with Crippen LogP contribution in [0.25, 0.3) is 22.5 Å². The van der Waals surface area contributed by atoms with E-state index in [1.807, 2.05) is 18.2 Å². The van der Waals surface area contributed by atoms with Gasteiger partial charge < -0.3 is 15.2 Å². The number of aliphatic carboxylic acids is 1. The molecular formula is C23H25ClFN5O3. The smallest absolute Gasteiger partial charge is 0.320 e. The Hall–Kier alpha value is -3.04. The molecule has 1 aliphatic heterocycles. The number of nitrogens with one attached hydrogen (secondary N) is 2. The maximum atomic E-state index is 14.4. The molecule has 174 valence electrons. The third-order valence-electron chi connectivity index (χ3n) is 6.60. The molecule has 8 nitrogen and oxygen atoms in total. The highest BCUT2D eigenvalue weighted by Crippen LogP contribution is 2.40. The molecule has 1 aromatic heterocycles. The number of piperidine rings is 1. The van der Waals surface area contributed by atoms with E-state index in [1.54, 1.807) is 18.2 Å². The largest absolute Gasteiger partial charge is 0.490 e. The Kier molecular flexibility index (Phi) is 6.90. The van der Waals surface area contributed by atoms with Crippen molar-refractivity contribution in [2.24, 2.45) is 11.8 Å². The molecule has 1 saturated carbocycles. The molecule has 2 aromatic carbocycles. The summed E-state index contributed by atoms with van der Waals surface area (Å²) >= 11 is 0. The molecule has 0 spiro atoms. The van der Waals surface area contributed by atoms with Gasteiger partial charge in [0.05, 0.1) is 11.7 Å². The minimum absolute atomic E-state index is 0. The lowest BCUT2D eigenvalue weighted by atomic mass is 9.72. The van der Waals surface area contributed by atoms with Crippen LogP contribution in [0.15, 0.2) is 42.5 Å². The lowest BCUT2D eigenvalue weighted by Crippen LogP contribution is -2.50. The minimum Gasteiger partial charge on any atom is -0.490 e. The van der Waals surface area contributed by atoms with Gasteiger partial charge in [0, 0.05) is 5.56 Å². The number of nitrogens with zero attached hydrogens (tertiary/aromatic N) is 3. The van der Waals surface area contributed by atoms with Crippen molar-refractivity contribution in [2.45, 2.75) is 37.8 Å². The van der Waals surface area contributed by atoms with Gasteiger partial charge in [-0.25, -0.2) is 4.39 Å². The van der Waals surface area contributed by atoms with Gasteiger partial charge in [0.2, 0.25) is 5.82 Å². The summed E-state index contributed by atoms with van der Waals surface area (Å²) in [5.41, 5.74) is 1.87. The van der Waals surface area contributed by atoms with Gasteiger partial charge in [-0.15, -0.1) is 22.6 Å². The van der Waals surface area contributed by atoms with Crippen LogP contribution < -0.4 is 10.1 Å². The SMILES string of the molecule is Cl.O=C(O)[C@@H]1C[C@H]2C[C@@H](Oc3cc(-c4ccccc4F)ccc3-c3nn[nH]n3)CC[C@H]2CN1. The Labute approximate surface area is 196 Å². The van der Waals surface area contributed by atoms with Crippen molar-refractivity contribution in [1.29, 1.82) is 0 Å². The summed E-state index contributed by atoms with van der Waals surface area (Å²) in [4.78, 5) is 11.4. The number of benzene rings is 2. The normalized spacial score (nSPS) is 24.4. The number of fused-ring (bicyclic) bond motifs is 1. The van der Waals surface area contributed by atoms with Crippen LogP contribution in [0.3, 0.4) is 0 Å². The summed E-state index contributed by atoms with van der Waals surface area (Å²) in [5.74, 6) is 0.622. The highest BCUT2D eigenvalue weighted by molar-refractivity contribution is 5.85. The Morgan fingerprint density at radius 2 is 1.94 bits per heavy atom. The number of carboxylic acid groups (broad SMARTS) is 1. The van der Waals surface area contributed by atoms with Crippen LogP contribution in [0.2, 0.25) is 0 Å². The van der Waals surface area contributed by atoms with Crippen LogP contribution in [-0.4, -0.2) is 50.4 Å². The van der Waals surface area contributed by atoms with Crippen molar-refractivity contribution in [3.63, 3.8) is 0 Å². The molecule has 0 radical (unpaired) electrons. The Balaban J connectivity index is 0.00000259. The zero-order valence-electron chi connectivity index (χ0n) is 17.8. The quantitative estimate of drug-likeness (QED) is 0.517. The molecule has 1 aliphatic carbocycles. The molecule has 0 bridgehead atoms. The number of hydrogen-bond acceptors (Lipinski definition) is 6. The van der Waals surface area contributed by atoms with E-state index in [0.29, 0.717) is 46.5 Å². The van der Waals surface area contributed by atoms with Gasteiger partial charge >= 0.3 is 5.97 Å². The highest BCUT2D eigenvalue weighted by atomic mass is 35.5. The molecule has 0 amide bonds. The minimum atomic E-state index is -0.802. The average molecular weight is 474 g/mol. The van der Waals surface area contributed by atoms with Crippen LogP contribution in [0.5, 0.6) is 5.75 Å². The lowest BCUT2D eigenvalue weighted by molar-refractivity contribution is -0.141. The number of carbonyl (C=O) groups is 1. The third kappa shape index (κ3) is 4.84. The molecule has 5 rings (SSSR count). The standard InChI is InChI=1S/C23H24FN5O3.ClH/c24-19-4-2-1-3-17(19)13-6-8-18(22-26-28-29-27-22)21(11-13)32-16-7-5-14-12-25-20(23(30)31)10-15(14)9-16;/h1-4,6,8,11,14-16,20,25H,5,7,9-10,12H2,(H,30,31)(H,26,27,28,29);1H/t14-,15+,16-,20-;/m0./s1. The van der Waals surface area contributed by atoms with Crippen LogP contribution in [0.4, 0.5) is 4.39 Å². The summed E-state index contributed by atoms with van der Waals surface area (Å²) in [6, 6.07) is 11.6. The van der Waals surface area contributed by atoms with Crippen LogP contribution in [-0.2, 0) is 4.79 Å². The first-order chi connectivity index (χ1) is 15.6. The highest BCUT2D eigenvalue weighted by Gasteiger charge is 2.38. The zero-order valence-corrected chi connectivity index (χ0v) is 18.6. The Morgan fingerprint density at radius 3 is 2.70 bits per heavy atom. The number of carboxylic acids is 1. The van der Waals surface area contributed by atoms with Gasteiger partial charge in [-0.1, -0.05) is 24.3 Å². The average Bonchev–Trinajstić information content (AvgIpc) is 3.33. The molecule has 10 heteroatoms. The lowest BCUT2D eigenvalue weighted by Gasteiger charge is -2.41. The first-order valence-corrected chi connectivity index (χ1v) is 10.8. The summed E-state index contributed by atoms with van der Waals surface area (Å²) in [6.07, 6.45) is 3.17. The van der Waals surface area contributed by atoms with Gasteiger partial charge in [-0.3, -0.25) is 4.79 Å². The van der Waals surface area contributed by atoms with E-state index in [4.69, 9.17) is 4.74 Å². The predicted octanol–water partition coefficient (Wildman–Crippen LogP) is 3.70. The van der Waals surface area contributed by atoms with E-state index in [9.17, 15) is 14.3 Å². The van der Waals surface area contributed by atoms with E-state index in [0.717, 1.165) is 25.8 Å². The fourth-order valence-corrected chi connectivity index (χ4v) is 4.94. The second-order valence-electron chi connectivity index (χ2n) is 8.53. The second kappa shape index (κ2) is 9.84. The van der Waals surface area contributed by atoms with Crippen molar-refractivity contribution < 1.29 is 19.0 Å². The van der Waals surface area contributed by atoms with Gasteiger partial charge in [0.1, 0.15) is 17.6 Å². The molecule has 3 N–H and O–H groups in total. The van der Waals surface area contributed by atoms with Gasteiger partial charge in [-0.2, -0.15) is 5.21 Å². The van der Waals surface area contributed by atoms with Gasteiger partial charge in [0.25, 0.3) is 0 Å². The number of aromatic amines is 1. The van der Waals surface area contributed by atoms with Gasteiger partial charge in [-0.05, 0) is 73.0 Å².